The molecule has 0 aliphatic rings. The Labute approximate surface area is 94.3 Å². The Bertz CT molecular complexity index is 454. The fourth-order valence-electron chi connectivity index (χ4n) is 1.03. The third kappa shape index (κ3) is 3.14. The molecule has 0 radical (unpaired) electrons. The summed E-state index contributed by atoms with van der Waals surface area (Å²) in [6, 6.07) is 2.76. The molecule has 0 N–H and O–H groups in total. The first-order valence-electron chi connectivity index (χ1n) is 4.20. The number of hydrogen-bond acceptors (Lipinski definition) is 5. The molecule has 1 aromatic rings. The largest absolute Gasteiger partial charge is 0.574 e. The fraction of sp³-hybridized carbons (Fsp3) is 0.333. The zero-order chi connectivity index (χ0) is 13.1. The first-order chi connectivity index (χ1) is 7.91. The molecule has 5 nitrogen and oxygen atoms in total. The zero-order valence-corrected chi connectivity index (χ0v) is 8.83. The van der Waals surface area contributed by atoms with Crippen LogP contribution in [0.4, 0.5) is 13.2 Å². The predicted molar refractivity (Wildman–Crippen MR) is 48.7 cm³/mol. The van der Waals surface area contributed by atoms with Crippen LogP contribution in [0.2, 0.25) is 0 Å². The highest BCUT2D eigenvalue weighted by atomic mass is 19.4. The van der Waals surface area contributed by atoms with E-state index in [1.807, 2.05) is 0 Å². The van der Waals surface area contributed by atoms with Crippen LogP contribution in [0.3, 0.4) is 0 Å². The number of rotatable bonds is 3. The topological polar surface area (TPSA) is 64.4 Å². The molecular formula is C9H7F3N2O3. The van der Waals surface area contributed by atoms with Gasteiger partial charge in [0.1, 0.15) is 11.6 Å². The number of nitrogens with zero attached hydrogens (tertiary/aromatic N) is 2. The summed E-state index contributed by atoms with van der Waals surface area (Å²) in [5.74, 6) is -1.39. The molecule has 0 aliphatic heterocycles. The highest BCUT2D eigenvalue weighted by Crippen LogP contribution is 2.34. The van der Waals surface area contributed by atoms with Crippen molar-refractivity contribution in [3.05, 3.63) is 11.6 Å². The van der Waals surface area contributed by atoms with Gasteiger partial charge in [-0.05, 0) is 0 Å². The molecular weight excluding hydrogens is 241 g/mol. The van der Waals surface area contributed by atoms with E-state index < -0.39 is 12.2 Å². The van der Waals surface area contributed by atoms with E-state index in [1.165, 1.54) is 7.11 Å². The van der Waals surface area contributed by atoms with E-state index in [4.69, 9.17) is 5.26 Å². The second-order valence-electron chi connectivity index (χ2n) is 2.71. The third-order valence-electron chi connectivity index (χ3n) is 1.67. The Morgan fingerprint density at radius 2 is 1.88 bits per heavy atom. The van der Waals surface area contributed by atoms with Crippen LogP contribution in [0.25, 0.3) is 0 Å². The van der Waals surface area contributed by atoms with Crippen LogP contribution in [0, 0.1) is 11.3 Å². The Morgan fingerprint density at radius 1 is 1.24 bits per heavy atom. The van der Waals surface area contributed by atoms with Gasteiger partial charge in [-0.25, -0.2) is 0 Å². The maximum absolute atomic E-state index is 12.1. The van der Waals surface area contributed by atoms with Crippen molar-refractivity contribution in [1.82, 2.24) is 4.98 Å². The van der Waals surface area contributed by atoms with E-state index in [1.54, 1.807) is 6.07 Å². The van der Waals surface area contributed by atoms with Gasteiger partial charge in [-0.2, -0.15) is 10.2 Å². The lowest BCUT2D eigenvalue weighted by molar-refractivity contribution is -0.276. The number of alkyl halides is 3. The summed E-state index contributed by atoms with van der Waals surface area (Å²) < 4.78 is 49.1. The summed E-state index contributed by atoms with van der Waals surface area (Å²) in [7, 11) is 2.31. The molecule has 8 heteroatoms. The van der Waals surface area contributed by atoms with Gasteiger partial charge in [0.25, 0.3) is 5.88 Å². The minimum atomic E-state index is -4.90. The summed E-state index contributed by atoms with van der Waals surface area (Å²) in [6.45, 7) is 0. The Kier molecular flexibility index (Phi) is 3.62. The number of nitriles is 1. The number of halogens is 3. The number of methoxy groups -OCH3 is 2. The smallest absolute Gasteiger partial charge is 0.491 e. The van der Waals surface area contributed by atoms with Gasteiger partial charge in [0, 0.05) is 6.07 Å². The lowest BCUT2D eigenvalue weighted by Gasteiger charge is -2.12. The van der Waals surface area contributed by atoms with Crippen LogP contribution in [-0.2, 0) is 0 Å². The van der Waals surface area contributed by atoms with Gasteiger partial charge in [0.2, 0.25) is 5.88 Å². The predicted octanol–water partition coefficient (Wildman–Crippen LogP) is 1.87. The molecule has 92 valence electrons. The minimum Gasteiger partial charge on any atom is -0.491 e. The molecule has 0 bridgehead atoms. The molecule has 17 heavy (non-hydrogen) atoms. The molecule has 0 amide bonds. The van der Waals surface area contributed by atoms with Gasteiger partial charge < -0.3 is 14.2 Å². The highest BCUT2D eigenvalue weighted by molar-refractivity contribution is 5.48. The second-order valence-corrected chi connectivity index (χ2v) is 2.71. The number of aromatic nitrogens is 1. The molecule has 0 spiro atoms. The van der Waals surface area contributed by atoms with Crippen LogP contribution in [0.15, 0.2) is 6.07 Å². The molecule has 0 atom stereocenters. The maximum atomic E-state index is 12.1. The summed E-state index contributed by atoms with van der Waals surface area (Å²) in [5, 5.41) is 8.70. The summed E-state index contributed by atoms with van der Waals surface area (Å²) in [5.41, 5.74) is -0.0566. The summed E-state index contributed by atoms with van der Waals surface area (Å²) in [6.07, 6.45) is -4.90. The van der Waals surface area contributed by atoms with Crippen molar-refractivity contribution in [1.29, 1.82) is 5.26 Å². The number of pyridine rings is 1. The molecule has 1 heterocycles. The van der Waals surface area contributed by atoms with Crippen molar-refractivity contribution in [3.63, 3.8) is 0 Å². The SMILES string of the molecule is COc1cc(C#N)c(OC)nc1OC(F)(F)F. The van der Waals surface area contributed by atoms with Gasteiger partial charge in [-0.15, -0.1) is 13.2 Å². The Balaban J connectivity index is 3.25. The van der Waals surface area contributed by atoms with Crippen LogP contribution in [-0.4, -0.2) is 25.6 Å². The molecule has 0 saturated carbocycles. The zero-order valence-electron chi connectivity index (χ0n) is 8.83. The van der Waals surface area contributed by atoms with Crippen LogP contribution in [0.1, 0.15) is 5.56 Å². The van der Waals surface area contributed by atoms with Crippen molar-refractivity contribution < 1.29 is 27.4 Å². The molecule has 0 fully saturated rings. The standard InChI is InChI=1S/C9H7F3N2O3/c1-15-6-3-5(4-13)7(16-2)14-8(6)17-9(10,11)12/h3H,1-2H3. The molecule has 1 aromatic heterocycles. The number of hydrogen-bond donors (Lipinski definition) is 0. The monoisotopic (exact) mass is 248 g/mol. The van der Waals surface area contributed by atoms with Crippen molar-refractivity contribution in [2.75, 3.05) is 14.2 Å². The molecule has 0 aromatic carbocycles. The molecule has 1 rings (SSSR count). The van der Waals surface area contributed by atoms with E-state index >= 15 is 0 Å². The normalized spacial score (nSPS) is 10.6. The lowest BCUT2D eigenvalue weighted by Crippen LogP contribution is -2.18. The highest BCUT2D eigenvalue weighted by Gasteiger charge is 2.34. The first-order valence-corrected chi connectivity index (χ1v) is 4.20. The fourth-order valence-corrected chi connectivity index (χ4v) is 1.03. The molecule has 0 saturated heterocycles. The first kappa shape index (κ1) is 12.9. The second kappa shape index (κ2) is 4.78. The van der Waals surface area contributed by atoms with E-state index in [0.29, 0.717) is 0 Å². The van der Waals surface area contributed by atoms with Gasteiger partial charge in [0.15, 0.2) is 5.75 Å². The number of ether oxygens (including phenoxy) is 3. The van der Waals surface area contributed by atoms with Crippen LogP contribution >= 0.6 is 0 Å². The Morgan fingerprint density at radius 3 is 2.29 bits per heavy atom. The van der Waals surface area contributed by atoms with Crippen molar-refractivity contribution in [2.24, 2.45) is 0 Å². The van der Waals surface area contributed by atoms with Crippen LogP contribution < -0.4 is 14.2 Å². The van der Waals surface area contributed by atoms with Crippen molar-refractivity contribution >= 4 is 0 Å². The third-order valence-corrected chi connectivity index (χ3v) is 1.67. The molecule has 0 unspecified atom stereocenters. The van der Waals surface area contributed by atoms with Gasteiger partial charge in [-0.1, -0.05) is 0 Å². The van der Waals surface area contributed by atoms with Crippen molar-refractivity contribution in [3.8, 4) is 23.6 Å². The van der Waals surface area contributed by atoms with Gasteiger partial charge >= 0.3 is 6.36 Å². The van der Waals surface area contributed by atoms with Gasteiger partial charge in [0.05, 0.1) is 14.2 Å². The lowest BCUT2D eigenvalue weighted by atomic mass is 10.3. The average Bonchev–Trinajstić information content (AvgIpc) is 2.26. The van der Waals surface area contributed by atoms with E-state index in [-0.39, 0.29) is 17.2 Å². The van der Waals surface area contributed by atoms with E-state index in [2.05, 4.69) is 19.2 Å². The molecule has 0 aliphatic carbocycles. The Hall–Kier alpha value is -2.17. The van der Waals surface area contributed by atoms with Crippen molar-refractivity contribution in [2.45, 2.75) is 6.36 Å². The van der Waals surface area contributed by atoms with Gasteiger partial charge in [-0.3, -0.25) is 0 Å². The van der Waals surface area contributed by atoms with E-state index in [0.717, 1.165) is 13.2 Å². The van der Waals surface area contributed by atoms with E-state index in [9.17, 15) is 13.2 Å². The van der Waals surface area contributed by atoms with Crippen LogP contribution in [0.5, 0.6) is 17.5 Å². The average molecular weight is 248 g/mol. The minimum absolute atomic E-state index is 0.0566. The quantitative estimate of drug-likeness (QED) is 0.816. The summed E-state index contributed by atoms with van der Waals surface area (Å²) >= 11 is 0. The summed E-state index contributed by atoms with van der Waals surface area (Å²) in [4.78, 5) is 3.41. The maximum Gasteiger partial charge on any atom is 0.574 e.